The molecule has 0 aliphatic rings. The Morgan fingerprint density at radius 2 is 1.95 bits per heavy atom. The lowest BCUT2D eigenvalue weighted by Gasteiger charge is -2.18. The van der Waals surface area contributed by atoms with E-state index in [9.17, 15) is 4.79 Å². The first-order chi connectivity index (χ1) is 9.49. The minimum absolute atomic E-state index is 0.0392. The summed E-state index contributed by atoms with van der Waals surface area (Å²) in [5, 5.41) is 0.542. The van der Waals surface area contributed by atoms with Gasteiger partial charge in [0.1, 0.15) is 0 Å². The van der Waals surface area contributed by atoms with Crippen molar-refractivity contribution in [3.05, 3.63) is 68.7 Å². The van der Waals surface area contributed by atoms with Crippen LogP contribution in [-0.2, 0) is 6.54 Å². The molecule has 0 aliphatic heterocycles. The number of hydrogen-bond acceptors (Lipinski definition) is 1. The van der Waals surface area contributed by atoms with Crippen molar-refractivity contribution >= 4 is 33.4 Å². The van der Waals surface area contributed by atoms with E-state index in [1.165, 1.54) is 5.56 Å². The molecule has 0 atom stereocenters. The molecule has 4 heteroatoms. The number of amides is 1. The zero-order valence-corrected chi connectivity index (χ0v) is 13.7. The molecule has 0 bridgehead atoms. The van der Waals surface area contributed by atoms with Crippen LogP contribution in [0.2, 0.25) is 5.02 Å². The maximum Gasteiger partial charge on any atom is 0.253 e. The van der Waals surface area contributed by atoms with Gasteiger partial charge in [-0.2, -0.15) is 0 Å². The first-order valence-corrected chi connectivity index (χ1v) is 7.41. The molecule has 0 aromatic heterocycles. The molecule has 20 heavy (non-hydrogen) atoms. The predicted molar refractivity (Wildman–Crippen MR) is 86.1 cm³/mol. The highest BCUT2D eigenvalue weighted by molar-refractivity contribution is 9.10. The fraction of sp³-hybridized carbons (Fsp3) is 0.188. The van der Waals surface area contributed by atoms with E-state index in [2.05, 4.69) is 15.9 Å². The Labute approximate surface area is 132 Å². The van der Waals surface area contributed by atoms with Gasteiger partial charge < -0.3 is 4.90 Å². The third-order valence-electron chi connectivity index (χ3n) is 3.18. The Morgan fingerprint density at radius 1 is 1.25 bits per heavy atom. The van der Waals surface area contributed by atoms with Crippen LogP contribution in [0.3, 0.4) is 0 Å². The summed E-state index contributed by atoms with van der Waals surface area (Å²) in [4.78, 5) is 14.1. The van der Waals surface area contributed by atoms with Crippen molar-refractivity contribution in [3.63, 3.8) is 0 Å². The molecular formula is C16H15BrClNO. The molecular weight excluding hydrogens is 338 g/mol. The lowest BCUT2D eigenvalue weighted by Crippen LogP contribution is -2.26. The number of nitrogens with zero attached hydrogens (tertiary/aromatic N) is 1. The van der Waals surface area contributed by atoms with Gasteiger partial charge in [-0.05, 0) is 52.2 Å². The van der Waals surface area contributed by atoms with Crippen LogP contribution in [0.15, 0.2) is 46.9 Å². The minimum Gasteiger partial charge on any atom is -0.337 e. The average Bonchev–Trinajstić information content (AvgIpc) is 2.43. The summed E-state index contributed by atoms with van der Waals surface area (Å²) >= 11 is 9.35. The van der Waals surface area contributed by atoms with Crippen LogP contribution in [-0.4, -0.2) is 17.9 Å². The number of aryl methyl sites for hydroxylation is 1. The molecule has 0 spiro atoms. The van der Waals surface area contributed by atoms with Crippen LogP contribution >= 0.6 is 27.5 Å². The van der Waals surface area contributed by atoms with E-state index in [4.69, 9.17) is 11.6 Å². The molecule has 2 rings (SSSR count). The van der Waals surface area contributed by atoms with E-state index in [1.807, 2.05) is 31.2 Å². The number of benzene rings is 2. The second-order valence-electron chi connectivity index (χ2n) is 4.72. The predicted octanol–water partition coefficient (Wildman–Crippen LogP) is 4.68. The summed E-state index contributed by atoms with van der Waals surface area (Å²) in [6, 6.07) is 13.3. The van der Waals surface area contributed by atoms with Gasteiger partial charge >= 0.3 is 0 Å². The Kier molecular flexibility index (Phi) is 4.84. The zero-order valence-electron chi connectivity index (χ0n) is 11.4. The molecule has 0 saturated carbocycles. The summed E-state index contributed by atoms with van der Waals surface area (Å²) < 4.78 is 0.789. The Hall–Kier alpha value is -1.32. The molecule has 0 fully saturated rings. The Balaban J connectivity index is 2.16. The largest absolute Gasteiger partial charge is 0.337 e. The first-order valence-electron chi connectivity index (χ1n) is 6.24. The molecule has 104 valence electrons. The molecule has 0 radical (unpaired) electrons. The highest BCUT2D eigenvalue weighted by atomic mass is 79.9. The van der Waals surface area contributed by atoms with E-state index >= 15 is 0 Å². The second-order valence-corrected chi connectivity index (χ2v) is 5.98. The number of hydrogen-bond donors (Lipinski definition) is 0. The standard InChI is InChI=1S/C16H15BrClNO/c1-11-5-3-4-6-13(11)10-19(2)16(20)12-7-8-14(17)15(18)9-12/h3-9H,10H2,1-2H3. The van der Waals surface area contributed by atoms with Gasteiger partial charge in [0.2, 0.25) is 0 Å². The van der Waals surface area contributed by atoms with Crippen molar-refractivity contribution in [2.75, 3.05) is 7.05 Å². The highest BCUT2D eigenvalue weighted by Gasteiger charge is 2.14. The third kappa shape index (κ3) is 3.41. The van der Waals surface area contributed by atoms with Gasteiger partial charge in [0, 0.05) is 23.6 Å². The molecule has 0 heterocycles. The molecule has 1 amide bonds. The quantitative estimate of drug-likeness (QED) is 0.785. The van der Waals surface area contributed by atoms with Crippen LogP contribution < -0.4 is 0 Å². The number of carbonyl (C=O) groups excluding carboxylic acids is 1. The molecule has 2 nitrogen and oxygen atoms in total. The summed E-state index contributed by atoms with van der Waals surface area (Å²) in [6.07, 6.45) is 0. The maximum atomic E-state index is 12.4. The van der Waals surface area contributed by atoms with Gasteiger partial charge in [-0.25, -0.2) is 0 Å². The molecule has 0 aliphatic carbocycles. The van der Waals surface area contributed by atoms with Crippen molar-refractivity contribution in [2.45, 2.75) is 13.5 Å². The number of carbonyl (C=O) groups is 1. The Bertz CT molecular complexity index is 642. The number of rotatable bonds is 3. The summed E-state index contributed by atoms with van der Waals surface area (Å²) in [7, 11) is 1.80. The van der Waals surface area contributed by atoms with Crippen LogP contribution in [0, 0.1) is 6.92 Å². The van der Waals surface area contributed by atoms with Crippen LogP contribution in [0.4, 0.5) is 0 Å². The topological polar surface area (TPSA) is 20.3 Å². The smallest absolute Gasteiger partial charge is 0.253 e. The summed E-state index contributed by atoms with van der Waals surface area (Å²) in [6.45, 7) is 2.63. The minimum atomic E-state index is -0.0392. The fourth-order valence-electron chi connectivity index (χ4n) is 1.96. The van der Waals surface area contributed by atoms with Gasteiger partial charge in [-0.1, -0.05) is 35.9 Å². The lowest BCUT2D eigenvalue weighted by atomic mass is 10.1. The van der Waals surface area contributed by atoms with Crippen molar-refractivity contribution < 1.29 is 4.79 Å². The fourth-order valence-corrected chi connectivity index (χ4v) is 2.39. The molecule has 2 aromatic rings. The van der Waals surface area contributed by atoms with E-state index in [0.717, 1.165) is 10.0 Å². The molecule has 0 saturated heterocycles. The lowest BCUT2D eigenvalue weighted by molar-refractivity contribution is 0.0785. The zero-order chi connectivity index (χ0) is 14.7. The van der Waals surface area contributed by atoms with Crippen molar-refractivity contribution in [2.24, 2.45) is 0 Å². The third-order valence-corrected chi connectivity index (χ3v) is 4.41. The van der Waals surface area contributed by atoms with E-state index in [-0.39, 0.29) is 5.91 Å². The average molecular weight is 353 g/mol. The first kappa shape index (κ1) is 15.1. The maximum absolute atomic E-state index is 12.4. The van der Waals surface area contributed by atoms with Crippen molar-refractivity contribution in [1.82, 2.24) is 4.90 Å². The summed E-state index contributed by atoms with van der Waals surface area (Å²) in [5.74, 6) is -0.0392. The Morgan fingerprint density at radius 3 is 2.60 bits per heavy atom. The van der Waals surface area contributed by atoms with Gasteiger partial charge in [-0.15, -0.1) is 0 Å². The van der Waals surface area contributed by atoms with Gasteiger partial charge in [-0.3, -0.25) is 4.79 Å². The second kappa shape index (κ2) is 6.42. The SMILES string of the molecule is Cc1ccccc1CN(C)C(=O)c1ccc(Br)c(Cl)c1. The molecule has 0 unspecified atom stereocenters. The van der Waals surface area contributed by atoms with E-state index in [1.54, 1.807) is 30.1 Å². The van der Waals surface area contributed by atoms with E-state index < -0.39 is 0 Å². The van der Waals surface area contributed by atoms with Crippen LogP contribution in [0.5, 0.6) is 0 Å². The van der Waals surface area contributed by atoms with Crippen LogP contribution in [0.25, 0.3) is 0 Å². The van der Waals surface area contributed by atoms with Crippen molar-refractivity contribution in [3.8, 4) is 0 Å². The molecule has 0 N–H and O–H groups in total. The normalized spacial score (nSPS) is 10.4. The highest BCUT2D eigenvalue weighted by Crippen LogP contribution is 2.24. The van der Waals surface area contributed by atoms with E-state index in [0.29, 0.717) is 17.1 Å². The monoisotopic (exact) mass is 351 g/mol. The van der Waals surface area contributed by atoms with Crippen LogP contribution in [0.1, 0.15) is 21.5 Å². The van der Waals surface area contributed by atoms with Gasteiger partial charge in [0.05, 0.1) is 5.02 Å². The van der Waals surface area contributed by atoms with Crippen molar-refractivity contribution in [1.29, 1.82) is 0 Å². The van der Waals surface area contributed by atoms with Gasteiger partial charge in [0.15, 0.2) is 0 Å². The molecule has 2 aromatic carbocycles. The number of halogens is 2. The summed E-state index contributed by atoms with van der Waals surface area (Å²) in [5.41, 5.74) is 2.92. The van der Waals surface area contributed by atoms with Gasteiger partial charge in [0.25, 0.3) is 5.91 Å².